The van der Waals surface area contributed by atoms with Crippen LogP contribution >= 0.6 is 11.6 Å². The summed E-state index contributed by atoms with van der Waals surface area (Å²) in [5, 5.41) is 9.69. The molecule has 172 valence electrons. The number of nitrogens with one attached hydrogen (secondary N) is 2. The maximum absolute atomic E-state index is 13.0. The number of carbonyl (C=O) groups is 1. The number of rotatable bonds is 7. The number of nitrogens with zero attached hydrogens (tertiary/aromatic N) is 3. The first-order valence-electron chi connectivity index (χ1n) is 9.93. The van der Waals surface area contributed by atoms with Crippen molar-refractivity contribution in [2.75, 3.05) is 12.4 Å². The molecule has 0 unspecified atom stereocenters. The summed E-state index contributed by atoms with van der Waals surface area (Å²) in [5.41, 5.74) is -0.272. The molecule has 4 rings (SSSR count). The second-order valence-corrected chi connectivity index (χ2v) is 7.89. The number of aromatic amines is 1. The molecule has 2 heterocycles. The maximum Gasteiger partial charge on any atom is 0.487 e. The van der Waals surface area contributed by atoms with Crippen molar-refractivity contribution in [3.8, 4) is 23.0 Å². The van der Waals surface area contributed by atoms with E-state index < -0.39 is 11.5 Å². The molecule has 2 aromatic heterocycles. The van der Waals surface area contributed by atoms with Gasteiger partial charge in [0.15, 0.2) is 0 Å². The molecule has 0 radical (unpaired) electrons. The number of benzene rings is 2. The van der Waals surface area contributed by atoms with E-state index in [1.54, 1.807) is 24.4 Å². The predicted molar refractivity (Wildman–Crippen MR) is 120 cm³/mol. The Kier molecular flexibility index (Phi) is 5.94. The molecule has 0 spiro atoms. The fraction of sp³-hybridized carbons (Fsp3) is 0.227. The van der Waals surface area contributed by atoms with Crippen molar-refractivity contribution in [3.05, 3.63) is 54.2 Å². The fourth-order valence-corrected chi connectivity index (χ4v) is 3.61. The van der Waals surface area contributed by atoms with Gasteiger partial charge in [0.2, 0.25) is 0 Å². The Morgan fingerprint density at radius 3 is 2.52 bits per heavy atom. The number of alkyl halides is 3. The zero-order valence-corrected chi connectivity index (χ0v) is 18.7. The highest BCUT2D eigenvalue weighted by Crippen LogP contribution is 2.35. The van der Waals surface area contributed by atoms with Gasteiger partial charge in [-0.1, -0.05) is 0 Å². The number of imidazole rings is 1. The van der Waals surface area contributed by atoms with Crippen molar-refractivity contribution in [2.45, 2.75) is 25.5 Å². The van der Waals surface area contributed by atoms with Gasteiger partial charge in [0, 0.05) is 40.7 Å². The van der Waals surface area contributed by atoms with E-state index in [1.165, 1.54) is 31.4 Å². The van der Waals surface area contributed by atoms with Gasteiger partial charge in [-0.25, -0.2) is 0 Å². The molecule has 0 saturated heterocycles. The number of hydrogen-bond donors (Lipinski definition) is 2. The number of halogens is 3. The number of carbonyl (C=O) groups excluding carboxylic acids is 1. The Hall–Kier alpha value is -3.66. The molecule has 4 aromatic rings. The van der Waals surface area contributed by atoms with E-state index in [1.807, 2.05) is 18.4 Å². The minimum atomic E-state index is -3.82. The van der Waals surface area contributed by atoms with Crippen LogP contribution in [0, 0.1) is 0 Å². The van der Waals surface area contributed by atoms with Crippen LogP contribution in [0.25, 0.3) is 22.3 Å². The summed E-state index contributed by atoms with van der Waals surface area (Å²) < 4.78 is 37.2. The maximum atomic E-state index is 13.0. The average Bonchev–Trinajstić information content (AvgIpc) is 3.41. The number of amides is 1. The average molecular weight is 476 g/mol. The summed E-state index contributed by atoms with van der Waals surface area (Å²) in [4.78, 5) is 17.6. The van der Waals surface area contributed by atoms with E-state index in [0.29, 0.717) is 28.5 Å². The molecule has 0 atom stereocenters. The molecule has 2 N–H and O–H groups in total. The van der Waals surface area contributed by atoms with E-state index in [4.69, 9.17) is 16.3 Å². The number of H-pyrrole nitrogens is 1. The molecule has 0 aliphatic carbocycles. The lowest BCUT2D eigenvalue weighted by Gasteiger charge is -2.14. The molecule has 0 bridgehead atoms. The van der Waals surface area contributed by atoms with Crippen LogP contribution in [-0.4, -0.2) is 38.3 Å². The number of hydrogen-bond acceptors (Lipinski definition) is 5. The van der Waals surface area contributed by atoms with Crippen LogP contribution in [0.2, 0.25) is 0 Å². The molecule has 33 heavy (non-hydrogen) atoms. The lowest BCUT2D eigenvalue weighted by molar-refractivity contribution is -0.0964. The van der Waals surface area contributed by atoms with Crippen molar-refractivity contribution >= 4 is 34.2 Å². The summed E-state index contributed by atoms with van der Waals surface area (Å²) in [5.74, 6) is -0.547. The monoisotopic (exact) mass is 475 g/mol. The smallest absolute Gasteiger partial charge is 0.468 e. The molecule has 8 nitrogen and oxygen atoms in total. The van der Waals surface area contributed by atoms with Gasteiger partial charge in [0.25, 0.3) is 11.9 Å². The van der Waals surface area contributed by atoms with Crippen molar-refractivity contribution in [2.24, 2.45) is 0 Å². The predicted octanol–water partition coefficient (Wildman–Crippen LogP) is 5.44. The standard InChI is InChI=1S/C22H20ClF2N5O3/c1-12(2)30-19-16(17-8-9-26-29-17)10-13(11-18(19)28-21(30)32-3)20(31)27-14-4-6-15(7-5-14)33-22(23,24)25/h4-12H,1-3H3,(H,26,29)(H,27,31). The highest BCUT2D eigenvalue weighted by atomic mass is 35.5. The fourth-order valence-electron chi connectivity index (χ4n) is 3.52. The van der Waals surface area contributed by atoms with Gasteiger partial charge in [0.1, 0.15) is 5.75 Å². The first kappa shape index (κ1) is 22.5. The largest absolute Gasteiger partial charge is 0.487 e. The zero-order valence-electron chi connectivity index (χ0n) is 17.9. The minimum absolute atomic E-state index is 0.0485. The normalized spacial score (nSPS) is 11.7. The molecular weight excluding hydrogens is 456 g/mol. The molecule has 0 aliphatic heterocycles. The molecule has 2 aromatic carbocycles. The van der Waals surface area contributed by atoms with Gasteiger partial charge in [-0.2, -0.15) is 10.1 Å². The van der Waals surface area contributed by atoms with Gasteiger partial charge in [-0.05, 0) is 56.3 Å². The third-order valence-corrected chi connectivity index (χ3v) is 4.93. The van der Waals surface area contributed by atoms with E-state index in [0.717, 1.165) is 11.1 Å². The summed E-state index contributed by atoms with van der Waals surface area (Å²) >= 11 is 4.77. The Balaban J connectivity index is 1.71. The highest BCUT2D eigenvalue weighted by molar-refractivity contribution is 6.20. The summed E-state index contributed by atoms with van der Waals surface area (Å²) in [7, 11) is 1.54. The van der Waals surface area contributed by atoms with E-state index in [-0.39, 0.29) is 11.8 Å². The van der Waals surface area contributed by atoms with Crippen LogP contribution < -0.4 is 14.8 Å². The Labute approximate surface area is 192 Å². The van der Waals surface area contributed by atoms with E-state index in [9.17, 15) is 13.6 Å². The summed E-state index contributed by atoms with van der Waals surface area (Å²) in [6.45, 7) is 4.02. The summed E-state index contributed by atoms with van der Waals surface area (Å²) in [6.07, 6.45) is 1.62. The third kappa shape index (κ3) is 4.75. The van der Waals surface area contributed by atoms with Crippen molar-refractivity contribution in [3.63, 3.8) is 0 Å². The highest BCUT2D eigenvalue weighted by Gasteiger charge is 2.27. The van der Waals surface area contributed by atoms with Crippen molar-refractivity contribution < 1.29 is 23.0 Å². The third-order valence-electron chi connectivity index (χ3n) is 4.85. The summed E-state index contributed by atoms with van der Waals surface area (Å²) in [6, 6.07) is 11.1. The topological polar surface area (TPSA) is 94.1 Å². The molecule has 0 saturated carbocycles. The Bertz CT molecular complexity index is 1280. The molecule has 11 heteroatoms. The molecule has 0 fully saturated rings. The van der Waals surface area contributed by atoms with Crippen LogP contribution in [-0.2, 0) is 0 Å². The molecular formula is C22H20ClF2N5O3. The van der Waals surface area contributed by atoms with Crippen LogP contribution in [0.1, 0.15) is 30.2 Å². The minimum Gasteiger partial charge on any atom is -0.468 e. The van der Waals surface area contributed by atoms with Crippen molar-refractivity contribution in [1.29, 1.82) is 0 Å². The zero-order chi connectivity index (χ0) is 23.8. The Morgan fingerprint density at radius 1 is 1.21 bits per heavy atom. The SMILES string of the molecule is COc1nc2cc(C(=O)Nc3ccc(OC(F)(F)Cl)cc3)cc(-c3ccn[nH]3)c2n1C(C)C. The lowest BCUT2D eigenvalue weighted by atomic mass is 10.0. The lowest BCUT2D eigenvalue weighted by Crippen LogP contribution is -2.16. The van der Waals surface area contributed by atoms with Gasteiger partial charge in [-0.15, -0.1) is 8.78 Å². The number of ether oxygens (including phenoxy) is 2. The molecule has 0 aliphatic rings. The van der Waals surface area contributed by atoms with Gasteiger partial charge in [-0.3, -0.25) is 14.5 Å². The van der Waals surface area contributed by atoms with E-state index >= 15 is 0 Å². The number of methoxy groups -OCH3 is 1. The second kappa shape index (κ2) is 8.70. The first-order chi connectivity index (χ1) is 15.7. The Morgan fingerprint density at radius 2 is 1.94 bits per heavy atom. The van der Waals surface area contributed by atoms with Gasteiger partial charge >= 0.3 is 5.57 Å². The van der Waals surface area contributed by atoms with Crippen molar-refractivity contribution in [1.82, 2.24) is 19.7 Å². The van der Waals surface area contributed by atoms with Crippen LogP contribution in [0.4, 0.5) is 14.5 Å². The second-order valence-electron chi connectivity index (χ2n) is 7.45. The molecule has 1 amide bonds. The van der Waals surface area contributed by atoms with Crippen LogP contribution in [0.3, 0.4) is 0 Å². The van der Waals surface area contributed by atoms with Gasteiger partial charge < -0.3 is 14.8 Å². The number of anilines is 1. The number of fused-ring (bicyclic) bond motifs is 1. The number of aromatic nitrogens is 4. The quantitative estimate of drug-likeness (QED) is 0.347. The first-order valence-corrected chi connectivity index (χ1v) is 10.3. The van der Waals surface area contributed by atoms with Crippen LogP contribution in [0.15, 0.2) is 48.7 Å². The van der Waals surface area contributed by atoms with E-state index in [2.05, 4.69) is 25.2 Å². The van der Waals surface area contributed by atoms with Gasteiger partial charge in [0.05, 0.1) is 23.8 Å². The van der Waals surface area contributed by atoms with Crippen LogP contribution in [0.5, 0.6) is 11.8 Å².